The number of allylic oxidation sites excluding steroid dienone is 2. The first-order valence-corrected chi connectivity index (χ1v) is 5.74. The average molecular weight is 289 g/mol. The summed E-state index contributed by atoms with van der Waals surface area (Å²) in [7, 11) is 0. The van der Waals surface area contributed by atoms with Crippen LogP contribution in [0.4, 0.5) is 18.9 Å². The molecular weight excluding hydrogens is 283 g/mol. The number of ketones is 2. The lowest BCUT2D eigenvalue weighted by atomic mass is 9.92. The number of halogens is 3. The number of alkyl halides is 3. The van der Waals surface area contributed by atoms with Crippen LogP contribution in [-0.2, 0) is 0 Å². The van der Waals surface area contributed by atoms with E-state index >= 15 is 0 Å². The largest absolute Gasteiger partial charge is 0.504 e. The van der Waals surface area contributed by atoms with Gasteiger partial charge in [0.1, 0.15) is 0 Å². The number of anilines is 1. The van der Waals surface area contributed by atoms with Gasteiger partial charge in [0.15, 0.2) is 11.5 Å². The molecule has 1 aliphatic rings. The molecule has 0 aliphatic heterocycles. The number of aliphatic hydroxyl groups is 1. The van der Waals surface area contributed by atoms with E-state index in [1.165, 1.54) is 18.2 Å². The summed E-state index contributed by atoms with van der Waals surface area (Å²) in [6, 6.07) is 3.88. The monoisotopic (exact) mass is 289 g/mol. The number of hydrogen-bond donors (Lipinski definition) is 2. The van der Waals surface area contributed by atoms with Crippen molar-refractivity contribution >= 4 is 29.2 Å². The average Bonchev–Trinajstić information content (AvgIpc) is 2.32. The van der Waals surface area contributed by atoms with Crippen LogP contribution in [0.1, 0.15) is 20.7 Å². The Morgan fingerprint density at radius 3 is 2.53 bits per heavy atom. The quantitative estimate of drug-likeness (QED) is 0.819. The molecular formula is C11H6F3NO3S. The molecule has 1 aromatic rings. The van der Waals surface area contributed by atoms with Crippen LogP contribution in [-0.4, -0.2) is 22.2 Å². The van der Waals surface area contributed by atoms with Crippen LogP contribution in [0.5, 0.6) is 0 Å². The Hall–Kier alpha value is -1.96. The highest BCUT2D eigenvalue weighted by atomic mass is 32.2. The van der Waals surface area contributed by atoms with Crippen molar-refractivity contribution in [1.29, 1.82) is 0 Å². The van der Waals surface area contributed by atoms with Gasteiger partial charge in [-0.1, -0.05) is 12.1 Å². The molecule has 0 bridgehead atoms. The van der Waals surface area contributed by atoms with Crippen molar-refractivity contribution in [3.8, 4) is 0 Å². The Kier molecular flexibility index (Phi) is 3.27. The maximum atomic E-state index is 12.1. The van der Waals surface area contributed by atoms with E-state index in [4.69, 9.17) is 0 Å². The molecule has 100 valence electrons. The second-order valence-corrected chi connectivity index (χ2v) is 4.47. The van der Waals surface area contributed by atoms with Crippen LogP contribution in [0.25, 0.3) is 0 Å². The molecule has 0 saturated heterocycles. The summed E-state index contributed by atoms with van der Waals surface area (Å²) >= 11 is -0.551. The molecule has 2 N–H and O–H groups in total. The fourth-order valence-corrected chi connectivity index (χ4v) is 1.99. The van der Waals surface area contributed by atoms with Crippen LogP contribution >= 0.6 is 11.9 Å². The highest BCUT2D eigenvalue weighted by Gasteiger charge is 2.32. The molecule has 0 amide bonds. The predicted octanol–water partition coefficient (Wildman–Crippen LogP) is 3.09. The minimum Gasteiger partial charge on any atom is -0.504 e. The summed E-state index contributed by atoms with van der Waals surface area (Å²) in [6.07, 6.45) is 0.741. The van der Waals surface area contributed by atoms with Crippen LogP contribution in [0.3, 0.4) is 0 Å². The predicted molar refractivity (Wildman–Crippen MR) is 63.1 cm³/mol. The molecule has 4 nitrogen and oxygen atoms in total. The summed E-state index contributed by atoms with van der Waals surface area (Å²) < 4.78 is 38.3. The van der Waals surface area contributed by atoms with E-state index in [0.29, 0.717) is 0 Å². The van der Waals surface area contributed by atoms with Crippen molar-refractivity contribution in [3.63, 3.8) is 0 Å². The van der Waals surface area contributed by atoms with Gasteiger partial charge < -0.3 is 9.83 Å². The first-order valence-electron chi connectivity index (χ1n) is 4.93. The number of aliphatic hydroxyl groups excluding tert-OH is 1. The molecule has 2 rings (SSSR count). The summed E-state index contributed by atoms with van der Waals surface area (Å²) in [5.74, 6) is -2.31. The third-order valence-electron chi connectivity index (χ3n) is 2.33. The topological polar surface area (TPSA) is 66.4 Å². The molecule has 0 atom stereocenters. The summed E-state index contributed by atoms with van der Waals surface area (Å²) in [6.45, 7) is 0. The first kappa shape index (κ1) is 13.5. The Bertz CT molecular complexity index is 595. The number of hydrogen-bond acceptors (Lipinski definition) is 5. The number of rotatable bonds is 2. The molecule has 0 heterocycles. The van der Waals surface area contributed by atoms with Crippen LogP contribution in [0.15, 0.2) is 30.0 Å². The fraction of sp³-hybridized carbons (Fsp3) is 0.0909. The highest BCUT2D eigenvalue weighted by Crippen LogP contribution is 2.34. The van der Waals surface area contributed by atoms with Gasteiger partial charge in [0.05, 0.1) is 23.2 Å². The summed E-state index contributed by atoms with van der Waals surface area (Å²) in [5.41, 5.74) is -5.01. The molecule has 1 aliphatic carbocycles. The van der Waals surface area contributed by atoms with Gasteiger partial charge in [-0.25, -0.2) is 0 Å². The van der Waals surface area contributed by atoms with E-state index in [-0.39, 0.29) is 16.8 Å². The third-order valence-corrected chi connectivity index (χ3v) is 2.89. The molecule has 0 fully saturated rings. The standard InChI is InChI=1S/C11H6F3NO3S/c12-11(13,14)19-15-6-3-1-2-5-7(16)4-8(17)10(18)9(5)6/h1-4,15,17H. The van der Waals surface area contributed by atoms with Crippen molar-refractivity contribution in [3.05, 3.63) is 41.2 Å². The molecule has 0 radical (unpaired) electrons. The van der Waals surface area contributed by atoms with Gasteiger partial charge in [-0.05, 0) is 6.07 Å². The van der Waals surface area contributed by atoms with Crippen molar-refractivity contribution < 1.29 is 27.9 Å². The minimum atomic E-state index is -4.54. The smallest absolute Gasteiger partial charge is 0.461 e. The van der Waals surface area contributed by atoms with Gasteiger partial charge in [-0.3, -0.25) is 9.59 Å². The number of carbonyl (C=O) groups is 2. The van der Waals surface area contributed by atoms with Crippen molar-refractivity contribution in [2.24, 2.45) is 0 Å². The lowest BCUT2D eigenvalue weighted by Crippen LogP contribution is -2.18. The Morgan fingerprint density at radius 2 is 1.89 bits per heavy atom. The van der Waals surface area contributed by atoms with Crippen LogP contribution in [0, 0.1) is 0 Å². The molecule has 0 unspecified atom stereocenters. The summed E-state index contributed by atoms with van der Waals surface area (Å²) in [5, 5.41) is 9.28. The van der Waals surface area contributed by atoms with Gasteiger partial charge >= 0.3 is 5.51 Å². The number of Topliss-reactive ketones (excluding diaryl/α,β-unsaturated/α-hetero) is 1. The lowest BCUT2D eigenvalue weighted by molar-refractivity contribution is -0.0323. The zero-order valence-electron chi connectivity index (χ0n) is 9.12. The summed E-state index contributed by atoms with van der Waals surface area (Å²) in [4.78, 5) is 23.3. The molecule has 0 spiro atoms. The first-order chi connectivity index (χ1) is 8.79. The molecule has 0 aromatic heterocycles. The van der Waals surface area contributed by atoms with Crippen LogP contribution in [0.2, 0.25) is 0 Å². The molecule has 19 heavy (non-hydrogen) atoms. The third kappa shape index (κ3) is 2.73. The SMILES string of the molecule is O=C1C=C(O)C(=O)c2c(NSC(F)(F)F)cccc21. The van der Waals surface area contributed by atoms with E-state index in [1.54, 1.807) is 0 Å². The molecule has 8 heteroatoms. The van der Waals surface area contributed by atoms with E-state index in [9.17, 15) is 27.9 Å². The number of fused-ring (bicyclic) bond motifs is 1. The van der Waals surface area contributed by atoms with Crippen molar-refractivity contribution in [2.75, 3.05) is 4.72 Å². The van der Waals surface area contributed by atoms with E-state index in [0.717, 1.165) is 6.08 Å². The highest BCUT2D eigenvalue weighted by molar-refractivity contribution is 8.01. The van der Waals surface area contributed by atoms with E-state index in [1.807, 2.05) is 4.72 Å². The number of benzene rings is 1. The Morgan fingerprint density at radius 1 is 1.21 bits per heavy atom. The second-order valence-electron chi connectivity index (χ2n) is 3.60. The second kappa shape index (κ2) is 4.61. The fourth-order valence-electron chi connectivity index (χ4n) is 1.60. The maximum absolute atomic E-state index is 12.1. The van der Waals surface area contributed by atoms with Gasteiger partial charge in [0.2, 0.25) is 5.78 Å². The minimum absolute atomic E-state index is 0.0458. The van der Waals surface area contributed by atoms with Crippen LogP contribution < -0.4 is 4.72 Å². The van der Waals surface area contributed by atoms with Gasteiger partial charge in [-0.2, -0.15) is 13.2 Å². The normalized spacial score (nSPS) is 15.0. The van der Waals surface area contributed by atoms with Crippen molar-refractivity contribution in [1.82, 2.24) is 0 Å². The maximum Gasteiger partial charge on any atom is 0.461 e. The number of nitrogens with one attached hydrogen (secondary N) is 1. The van der Waals surface area contributed by atoms with Gasteiger partial charge in [-0.15, -0.1) is 0 Å². The Balaban J connectivity index is 2.42. The van der Waals surface area contributed by atoms with Gasteiger partial charge in [0, 0.05) is 11.6 Å². The lowest BCUT2D eigenvalue weighted by Gasteiger charge is -2.16. The molecule has 1 aromatic carbocycles. The van der Waals surface area contributed by atoms with Gasteiger partial charge in [0.25, 0.3) is 0 Å². The molecule has 0 saturated carbocycles. The van der Waals surface area contributed by atoms with E-state index in [2.05, 4.69) is 0 Å². The van der Waals surface area contributed by atoms with Crippen molar-refractivity contribution in [2.45, 2.75) is 5.51 Å². The zero-order valence-corrected chi connectivity index (χ0v) is 9.93. The Labute approximate surface area is 109 Å². The van der Waals surface area contributed by atoms with E-state index < -0.39 is 34.8 Å². The number of carbonyl (C=O) groups excluding carboxylic acids is 2. The zero-order chi connectivity index (χ0) is 14.2.